The van der Waals surface area contributed by atoms with Gasteiger partial charge in [0, 0.05) is 30.2 Å². The zero-order chi connectivity index (χ0) is 18.0. The van der Waals surface area contributed by atoms with Gasteiger partial charge >= 0.3 is 6.18 Å². The summed E-state index contributed by atoms with van der Waals surface area (Å²) in [4.78, 5) is 11.5. The highest BCUT2D eigenvalue weighted by Crippen LogP contribution is 2.31. The van der Waals surface area contributed by atoms with Crippen LogP contribution in [-0.4, -0.2) is 10.5 Å². The quantitative estimate of drug-likeness (QED) is 0.731. The van der Waals surface area contributed by atoms with E-state index in [4.69, 9.17) is 0 Å². The van der Waals surface area contributed by atoms with E-state index in [1.54, 1.807) is 6.92 Å². The van der Waals surface area contributed by atoms with E-state index < -0.39 is 11.7 Å². The summed E-state index contributed by atoms with van der Waals surface area (Å²) in [7, 11) is 0. The first-order chi connectivity index (χ1) is 11.9. The van der Waals surface area contributed by atoms with Crippen LogP contribution >= 0.6 is 0 Å². The Balaban J connectivity index is 2.00. The number of hydrogen-bond donors (Lipinski definition) is 1. The number of fused-ring (bicyclic) bond motifs is 1. The Kier molecular flexibility index (Phi) is 4.53. The Bertz CT molecular complexity index is 895. The third-order valence-electron chi connectivity index (χ3n) is 4.06. The van der Waals surface area contributed by atoms with Crippen molar-refractivity contribution in [2.24, 2.45) is 0 Å². The fourth-order valence-corrected chi connectivity index (χ4v) is 2.73. The Morgan fingerprint density at radius 2 is 1.76 bits per heavy atom. The van der Waals surface area contributed by atoms with Crippen molar-refractivity contribution in [2.75, 3.05) is 0 Å². The highest BCUT2D eigenvalue weighted by molar-refractivity contribution is 5.86. The minimum Gasteiger partial charge on any atom is -0.352 e. The number of alkyl halides is 3. The van der Waals surface area contributed by atoms with Gasteiger partial charge in [-0.1, -0.05) is 25.1 Å². The molecule has 0 aliphatic heterocycles. The van der Waals surface area contributed by atoms with Crippen molar-refractivity contribution in [2.45, 2.75) is 26.1 Å². The minimum atomic E-state index is -4.35. The SMILES string of the molecule is CCC(=O)NCc1cn(-c2ccc(C(F)(F)F)cc2)c2ccccc12. The van der Waals surface area contributed by atoms with Crippen molar-refractivity contribution in [3.8, 4) is 5.69 Å². The van der Waals surface area contributed by atoms with E-state index in [1.165, 1.54) is 12.1 Å². The molecule has 0 unspecified atom stereocenters. The number of aromatic nitrogens is 1. The second-order valence-electron chi connectivity index (χ2n) is 5.72. The summed E-state index contributed by atoms with van der Waals surface area (Å²) >= 11 is 0. The van der Waals surface area contributed by atoms with Crippen molar-refractivity contribution >= 4 is 16.8 Å². The number of hydrogen-bond acceptors (Lipinski definition) is 1. The summed E-state index contributed by atoms with van der Waals surface area (Å²) in [6, 6.07) is 12.6. The molecule has 6 heteroatoms. The maximum Gasteiger partial charge on any atom is 0.416 e. The molecule has 25 heavy (non-hydrogen) atoms. The van der Waals surface area contributed by atoms with Gasteiger partial charge in [-0.2, -0.15) is 13.2 Å². The number of benzene rings is 2. The Morgan fingerprint density at radius 1 is 1.08 bits per heavy atom. The fourth-order valence-electron chi connectivity index (χ4n) is 2.73. The molecule has 0 saturated heterocycles. The Morgan fingerprint density at radius 3 is 2.40 bits per heavy atom. The summed E-state index contributed by atoms with van der Waals surface area (Å²) in [5, 5.41) is 3.79. The molecule has 0 atom stereocenters. The van der Waals surface area contributed by atoms with Crippen LogP contribution in [0.5, 0.6) is 0 Å². The van der Waals surface area contributed by atoms with Gasteiger partial charge in [-0.05, 0) is 35.9 Å². The third-order valence-corrected chi connectivity index (χ3v) is 4.06. The highest BCUT2D eigenvalue weighted by Gasteiger charge is 2.30. The van der Waals surface area contributed by atoms with Crippen LogP contribution in [-0.2, 0) is 17.5 Å². The van der Waals surface area contributed by atoms with Gasteiger partial charge in [-0.3, -0.25) is 4.79 Å². The molecule has 1 N–H and O–H groups in total. The molecule has 3 rings (SSSR count). The molecule has 0 aliphatic carbocycles. The van der Waals surface area contributed by atoms with Crippen LogP contribution in [0.2, 0.25) is 0 Å². The van der Waals surface area contributed by atoms with Gasteiger partial charge in [-0.25, -0.2) is 0 Å². The molecule has 0 radical (unpaired) electrons. The maximum absolute atomic E-state index is 12.7. The molecular weight excluding hydrogens is 329 g/mol. The molecule has 0 spiro atoms. The average Bonchev–Trinajstić information content (AvgIpc) is 2.98. The molecule has 0 aliphatic rings. The van der Waals surface area contributed by atoms with Gasteiger partial charge in [-0.15, -0.1) is 0 Å². The lowest BCUT2D eigenvalue weighted by molar-refractivity contribution is -0.137. The lowest BCUT2D eigenvalue weighted by Crippen LogP contribution is -2.21. The predicted octanol–water partition coefficient (Wildman–Crippen LogP) is 4.68. The van der Waals surface area contributed by atoms with E-state index in [-0.39, 0.29) is 5.91 Å². The smallest absolute Gasteiger partial charge is 0.352 e. The molecule has 1 heterocycles. The maximum atomic E-state index is 12.7. The van der Waals surface area contributed by atoms with Gasteiger partial charge in [0.2, 0.25) is 5.91 Å². The van der Waals surface area contributed by atoms with Gasteiger partial charge in [0.05, 0.1) is 11.1 Å². The largest absolute Gasteiger partial charge is 0.416 e. The molecule has 0 saturated carbocycles. The number of amides is 1. The second-order valence-corrected chi connectivity index (χ2v) is 5.72. The molecule has 3 aromatic rings. The summed E-state index contributed by atoms with van der Waals surface area (Å²) in [5.41, 5.74) is 1.75. The van der Waals surface area contributed by atoms with Crippen LogP contribution < -0.4 is 5.32 Å². The van der Waals surface area contributed by atoms with Crippen LogP contribution in [0.15, 0.2) is 54.7 Å². The third kappa shape index (κ3) is 3.52. The second kappa shape index (κ2) is 6.63. The van der Waals surface area contributed by atoms with Crippen LogP contribution in [0.1, 0.15) is 24.5 Å². The summed E-state index contributed by atoms with van der Waals surface area (Å²) in [6.07, 6.45) is -2.10. The first-order valence-corrected chi connectivity index (χ1v) is 7.93. The summed E-state index contributed by atoms with van der Waals surface area (Å²) in [6.45, 7) is 2.15. The molecule has 2 aromatic carbocycles. The predicted molar refractivity (Wildman–Crippen MR) is 90.4 cm³/mol. The first-order valence-electron chi connectivity index (χ1n) is 7.93. The molecule has 3 nitrogen and oxygen atoms in total. The normalized spacial score (nSPS) is 11.7. The van der Waals surface area contributed by atoms with E-state index in [0.29, 0.717) is 18.7 Å². The van der Waals surface area contributed by atoms with Crippen molar-refractivity contribution in [1.29, 1.82) is 0 Å². The number of rotatable bonds is 4. The van der Waals surface area contributed by atoms with Gasteiger partial charge in [0.1, 0.15) is 0 Å². The number of halogens is 3. The molecule has 130 valence electrons. The van der Waals surface area contributed by atoms with Crippen molar-refractivity contribution in [3.63, 3.8) is 0 Å². The van der Waals surface area contributed by atoms with E-state index >= 15 is 0 Å². The van der Waals surface area contributed by atoms with Crippen molar-refractivity contribution in [3.05, 3.63) is 65.9 Å². The molecular formula is C19H17F3N2O. The zero-order valence-electron chi connectivity index (χ0n) is 13.6. The number of nitrogens with zero attached hydrogens (tertiary/aromatic N) is 1. The van der Waals surface area contributed by atoms with E-state index in [1.807, 2.05) is 35.0 Å². The Hall–Kier alpha value is -2.76. The number of carbonyl (C=O) groups is 1. The summed E-state index contributed by atoms with van der Waals surface area (Å²) in [5.74, 6) is -0.0497. The molecule has 1 amide bonds. The molecule has 1 aromatic heterocycles. The number of para-hydroxylation sites is 1. The average molecular weight is 346 g/mol. The Labute approximate surface area is 143 Å². The lowest BCUT2D eigenvalue weighted by atomic mass is 10.1. The number of nitrogens with one attached hydrogen (secondary N) is 1. The highest BCUT2D eigenvalue weighted by atomic mass is 19.4. The first kappa shape index (κ1) is 17.1. The van der Waals surface area contributed by atoms with Gasteiger partial charge < -0.3 is 9.88 Å². The van der Waals surface area contributed by atoms with Gasteiger partial charge in [0.25, 0.3) is 0 Å². The van der Waals surface area contributed by atoms with Crippen LogP contribution in [0.25, 0.3) is 16.6 Å². The molecule has 0 fully saturated rings. The van der Waals surface area contributed by atoms with E-state index in [2.05, 4.69) is 5.32 Å². The number of carbonyl (C=O) groups excluding carboxylic acids is 1. The fraction of sp³-hybridized carbons (Fsp3) is 0.211. The van der Waals surface area contributed by atoms with E-state index in [0.717, 1.165) is 28.6 Å². The van der Waals surface area contributed by atoms with Crippen LogP contribution in [0.3, 0.4) is 0 Å². The van der Waals surface area contributed by atoms with Crippen molar-refractivity contribution in [1.82, 2.24) is 9.88 Å². The van der Waals surface area contributed by atoms with Crippen molar-refractivity contribution < 1.29 is 18.0 Å². The van der Waals surface area contributed by atoms with E-state index in [9.17, 15) is 18.0 Å². The monoisotopic (exact) mass is 346 g/mol. The lowest BCUT2D eigenvalue weighted by Gasteiger charge is -2.09. The zero-order valence-corrected chi connectivity index (χ0v) is 13.6. The minimum absolute atomic E-state index is 0.0497. The van der Waals surface area contributed by atoms with Crippen LogP contribution in [0.4, 0.5) is 13.2 Å². The summed E-state index contributed by atoms with van der Waals surface area (Å²) < 4.78 is 40.1. The topological polar surface area (TPSA) is 34.0 Å². The molecule has 0 bridgehead atoms. The van der Waals surface area contributed by atoms with Gasteiger partial charge in [0.15, 0.2) is 0 Å². The standard InChI is InChI=1S/C19H17F3N2O/c1-2-18(25)23-11-13-12-24(17-6-4-3-5-16(13)17)15-9-7-14(8-10-15)19(20,21)22/h3-10,12H,2,11H2,1H3,(H,23,25). The van der Waals surface area contributed by atoms with Crippen LogP contribution in [0, 0.1) is 0 Å².